The number of aromatic nitrogens is 1. The Balaban J connectivity index is 1.96. The van der Waals surface area contributed by atoms with Crippen molar-refractivity contribution in [1.82, 2.24) is 9.88 Å². The molecule has 0 aliphatic heterocycles. The Morgan fingerprint density at radius 2 is 1.78 bits per heavy atom. The van der Waals surface area contributed by atoms with Crippen molar-refractivity contribution in [3.05, 3.63) is 63.9 Å². The number of nitrogens with zero attached hydrogens (tertiary/aromatic N) is 2. The molecule has 1 aromatic heterocycles. The summed E-state index contributed by atoms with van der Waals surface area (Å²) in [7, 11) is 2.12. The lowest BCUT2D eigenvalue weighted by molar-refractivity contribution is 0.315. The Hall–Kier alpha value is -1.19. The van der Waals surface area contributed by atoms with Crippen LogP contribution in [0.1, 0.15) is 17.0 Å². The van der Waals surface area contributed by atoms with Crippen LogP contribution in [0.15, 0.2) is 46.9 Å². The number of benzene rings is 1. The molecule has 0 fully saturated rings. The molecular weight excluding hydrogens is 288 g/mol. The fourth-order valence-corrected chi connectivity index (χ4v) is 2.19. The maximum absolute atomic E-state index is 4.52. The minimum atomic E-state index is 0.873. The van der Waals surface area contributed by atoms with Crippen molar-refractivity contribution in [2.75, 3.05) is 7.05 Å². The van der Waals surface area contributed by atoms with Crippen LogP contribution >= 0.6 is 15.9 Å². The summed E-state index contributed by atoms with van der Waals surface area (Å²) in [5, 5.41) is 0. The van der Waals surface area contributed by atoms with E-state index >= 15 is 0 Å². The van der Waals surface area contributed by atoms with E-state index in [9.17, 15) is 0 Å². The van der Waals surface area contributed by atoms with Gasteiger partial charge in [0.1, 0.15) is 0 Å². The molecule has 0 saturated carbocycles. The summed E-state index contributed by atoms with van der Waals surface area (Å²) in [5.74, 6) is 0. The van der Waals surface area contributed by atoms with E-state index in [1.807, 2.05) is 13.0 Å². The van der Waals surface area contributed by atoms with Gasteiger partial charge in [-0.15, -0.1) is 0 Å². The molecule has 2 rings (SSSR count). The molecule has 0 amide bonds. The molecule has 1 heterocycles. The molecule has 0 aliphatic carbocycles. The second-order valence-corrected chi connectivity index (χ2v) is 5.48. The second-order valence-electron chi connectivity index (χ2n) is 4.57. The summed E-state index contributed by atoms with van der Waals surface area (Å²) in [6, 6.07) is 14.6. The third kappa shape index (κ3) is 3.93. The van der Waals surface area contributed by atoms with E-state index in [2.05, 4.69) is 69.3 Å². The molecule has 1 aromatic carbocycles. The van der Waals surface area contributed by atoms with Crippen LogP contribution in [0.5, 0.6) is 0 Å². The van der Waals surface area contributed by atoms with Gasteiger partial charge in [-0.3, -0.25) is 9.88 Å². The van der Waals surface area contributed by atoms with Crippen LogP contribution in [-0.4, -0.2) is 16.9 Å². The number of rotatable bonds is 4. The van der Waals surface area contributed by atoms with Crippen molar-refractivity contribution in [2.45, 2.75) is 20.0 Å². The molecule has 0 N–H and O–H groups in total. The fourth-order valence-electron chi connectivity index (χ4n) is 1.92. The summed E-state index contributed by atoms with van der Waals surface area (Å²) in [6.45, 7) is 3.83. The molecule has 18 heavy (non-hydrogen) atoms. The van der Waals surface area contributed by atoms with Crippen LogP contribution in [-0.2, 0) is 13.1 Å². The Morgan fingerprint density at radius 1 is 1.06 bits per heavy atom. The van der Waals surface area contributed by atoms with Gasteiger partial charge in [0.2, 0.25) is 0 Å². The quantitative estimate of drug-likeness (QED) is 0.854. The minimum Gasteiger partial charge on any atom is -0.296 e. The lowest BCUT2D eigenvalue weighted by atomic mass is 10.2. The van der Waals surface area contributed by atoms with Gasteiger partial charge >= 0.3 is 0 Å². The highest BCUT2D eigenvalue weighted by Gasteiger charge is 2.03. The normalized spacial score (nSPS) is 10.9. The van der Waals surface area contributed by atoms with E-state index in [-0.39, 0.29) is 0 Å². The van der Waals surface area contributed by atoms with Crippen LogP contribution < -0.4 is 0 Å². The van der Waals surface area contributed by atoms with Gasteiger partial charge in [-0.1, -0.05) is 34.1 Å². The predicted octanol–water partition coefficient (Wildman–Crippen LogP) is 3.78. The molecule has 2 aromatic rings. The van der Waals surface area contributed by atoms with E-state index in [4.69, 9.17) is 0 Å². The molecule has 3 heteroatoms. The first kappa shape index (κ1) is 13.2. The van der Waals surface area contributed by atoms with Crippen molar-refractivity contribution in [2.24, 2.45) is 0 Å². The Kier molecular flexibility index (Phi) is 4.50. The van der Waals surface area contributed by atoms with Crippen molar-refractivity contribution < 1.29 is 0 Å². The predicted molar refractivity (Wildman–Crippen MR) is 78.3 cm³/mol. The highest BCUT2D eigenvalue weighted by atomic mass is 79.9. The van der Waals surface area contributed by atoms with Crippen molar-refractivity contribution in [1.29, 1.82) is 0 Å². The van der Waals surface area contributed by atoms with Gasteiger partial charge in [-0.05, 0) is 43.8 Å². The van der Waals surface area contributed by atoms with Crippen molar-refractivity contribution in [3.63, 3.8) is 0 Å². The molecular formula is C15H17BrN2. The van der Waals surface area contributed by atoms with Gasteiger partial charge in [-0.2, -0.15) is 0 Å². The SMILES string of the molecule is Cc1cccc(CN(C)Cc2ccc(Br)cc2)n1. The molecule has 0 atom stereocenters. The smallest absolute Gasteiger partial charge is 0.0547 e. The summed E-state index contributed by atoms with van der Waals surface area (Å²) in [5.41, 5.74) is 3.51. The Bertz CT molecular complexity index is 508. The zero-order chi connectivity index (χ0) is 13.0. The summed E-state index contributed by atoms with van der Waals surface area (Å²) >= 11 is 3.45. The molecule has 0 aliphatic rings. The van der Waals surface area contributed by atoms with Crippen molar-refractivity contribution in [3.8, 4) is 0 Å². The molecule has 0 bridgehead atoms. The van der Waals surface area contributed by atoms with Crippen molar-refractivity contribution >= 4 is 15.9 Å². The maximum Gasteiger partial charge on any atom is 0.0547 e. The number of hydrogen-bond acceptors (Lipinski definition) is 2. The zero-order valence-electron chi connectivity index (χ0n) is 10.7. The van der Waals surface area contributed by atoms with Gasteiger partial charge in [0.25, 0.3) is 0 Å². The first-order valence-corrected chi connectivity index (χ1v) is 6.78. The lowest BCUT2D eigenvalue weighted by Gasteiger charge is -2.16. The highest BCUT2D eigenvalue weighted by Crippen LogP contribution is 2.12. The summed E-state index contributed by atoms with van der Waals surface area (Å²) in [6.07, 6.45) is 0. The molecule has 0 unspecified atom stereocenters. The third-order valence-corrected chi connectivity index (χ3v) is 3.27. The second kappa shape index (κ2) is 6.12. The van der Waals surface area contributed by atoms with Crippen LogP contribution in [0.4, 0.5) is 0 Å². The van der Waals surface area contributed by atoms with Crippen LogP contribution in [0.25, 0.3) is 0 Å². The largest absolute Gasteiger partial charge is 0.296 e. The van der Waals surface area contributed by atoms with Crippen LogP contribution in [0, 0.1) is 6.92 Å². The molecule has 0 saturated heterocycles. The van der Waals surface area contributed by atoms with Crippen LogP contribution in [0.3, 0.4) is 0 Å². The summed E-state index contributed by atoms with van der Waals surface area (Å²) < 4.78 is 1.12. The topological polar surface area (TPSA) is 16.1 Å². The van der Waals surface area contributed by atoms with Gasteiger partial charge in [-0.25, -0.2) is 0 Å². The number of pyridine rings is 1. The first-order chi connectivity index (χ1) is 8.63. The van der Waals surface area contributed by atoms with E-state index in [0.29, 0.717) is 0 Å². The zero-order valence-corrected chi connectivity index (χ0v) is 12.3. The Morgan fingerprint density at radius 3 is 2.44 bits per heavy atom. The van der Waals surface area contributed by atoms with Gasteiger partial charge < -0.3 is 0 Å². The third-order valence-electron chi connectivity index (χ3n) is 2.74. The fraction of sp³-hybridized carbons (Fsp3) is 0.267. The average Bonchev–Trinajstić information content (AvgIpc) is 2.32. The van der Waals surface area contributed by atoms with Gasteiger partial charge in [0.15, 0.2) is 0 Å². The van der Waals surface area contributed by atoms with Crippen LogP contribution in [0.2, 0.25) is 0 Å². The standard InChI is InChI=1S/C15H17BrN2/c1-12-4-3-5-15(17-12)11-18(2)10-13-6-8-14(16)9-7-13/h3-9H,10-11H2,1-2H3. The minimum absolute atomic E-state index is 0.873. The van der Waals surface area contributed by atoms with E-state index in [1.54, 1.807) is 0 Å². The number of aryl methyl sites for hydroxylation is 1. The lowest BCUT2D eigenvalue weighted by Crippen LogP contribution is -2.18. The van der Waals surface area contributed by atoms with Gasteiger partial charge in [0, 0.05) is 23.3 Å². The Labute approximate surface area is 117 Å². The highest BCUT2D eigenvalue weighted by molar-refractivity contribution is 9.10. The molecule has 2 nitrogen and oxygen atoms in total. The first-order valence-electron chi connectivity index (χ1n) is 5.99. The maximum atomic E-state index is 4.52. The van der Waals surface area contributed by atoms with E-state index < -0.39 is 0 Å². The molecule has 94 valence electrons. The van der Waals surface area contributed by atoms with Gasteiger partial charge in [0.05, 0.1) is 5.69 Å². The number of hydrogen-bond donors (Lipinski definition) is 0. The molecule has 0 spiro atoms. The molecule has 0 radical (unpaired) electrons. The number of halogens is 1. The monoisotopic (exact) mass is 304 g/mol. The van der Waals surface area contributed by atoms with E-state index in [0.717, 1.165) is 29.0 Å². The van der Waals surface area contributed by atoms with E-state index in [1.165, 1.54) is 5.56 Å². The average molecular weight is 305 g/mol. The summed E-state index contributed by atoms with van der Waals surface area (Å²) in [4.78, 5) is 6.79.